The molecule has 1 saturated carbocycles. The van der Waals surface area contributed by atoms with Crippen LogP contribution in [0.15, 0.2) is 0 Å². The molecular formula is C15H26BrNO. The summed E-state index contributed by atoms with van der Waals surface area (Å²) in [6.07, 6.45) is 9.89. The van der Waals surface area contributed by atoms with Crippen LogP contribution in [0.25, 0.3) is 0 Å². The van der Waals surface area contributed by atoms with Gasteiger partial charge < -0.3 is 4.74 Å². The lowest BCUT2D eigenvalue weighted by Gasteiger charge is -2.29. The number of nitrogens with zero attached hydrogens (tertiary/aromatic N) is 1. The highest BCUT2D eigenvalue weighted by atomic mass is 79.9. The van der Waals surface area contributed by atoms with E-state index in [0.717, 1.165) is 17.3 Å². The van der Waals surface area contributed by atoms with Crippen molar-refractivity contribution >= 4 is 15.9 Å². The third-order valence-electron chi connectivity index (χ3n) is 5.45. The third-order valence-corrected chi connectivity index (χ3v) is 6.11. The topological polar surface area (TPSA) is 12.5 Å². The quantitative estimate of drug-likeness (QED) is 0.738. The minimum atomic E-state index is 0.305. The second kappa shape index (κ2) is 5.41. The Labute approximate surface area is 120 Å². The van der Waals surface area contributed by atoms with Gasteiger partial charge in [-0.1, -0.05) is 35.7 Å². The van der Waals surface area contributed by atoms with Crippen molar-refractivity contribution < 1.29 is 4.74 Å². The SMILES string of the molecule is CC1CCN(CC2CCC3(CCCC3)O2)C1CBr. The summed E-state index contributed by atoms with van der Waals surface area (Å²) in [5.41, 5.74) is 0.305. The number of halogens is 1. The molecule has 1 aliphatic carbocycles. The molecule has 0 amide bonds. The summed E-state index contributed by atoms with van der Waals surface area (Å²) in [6.45, 7) is 4.83. The van der Waals surface area contributed by atoms with Crippen LogP contribution in [0.3, 0.4) is 0 Å². The summed E-state index contributed by atoms with van der Waals surface area (Å²) in [6, 6.07) is 0.730. The molecule has 0 radical (unpaired) electrons. The van der Waals surface area contributed by atoms with E-state index in [2.05, 4.69) is 27.8 Å². The van der Waals surface area contributed by atoms with Crippen molar-refractivity contribution in [2.24, 2.45) is 5.92 Å². The van der Waals surface area contributed by atoms with Crippen LogP contribution in [0, 0.1) is 5.92 Å². The van der Waals surface area contributed by atoms with Crippen molar-refractivity contribution in [2.45, 2.75) is 69.6 Å². The van der Waals surface area contributed by atoms with Crippen LogP contribution in [0.5, 0.6) is 0 Å². The molecule has 0 aromatic rings. The van der Waals surface area contributed by atoms with Gasteiger partial charge in [0.05, 0.1) is 11.7 Å². The summed E-state index contributed by atoms with van der Waals surface area (Å²) < 4.78 is 6.44. The predicted octanol–water partition coefficient (Wildman–Crippen LogP) is 3.58. The van der Waals surface area contributed by atoms with Crippen molar-refractivity contribution in [1.82, 2.24) is 4.90 Å². The second-order valence-corrected chi connectivity index (χ2v) is 7.30. The van der Waals surface area contributed by atoms with E-state index in [0.29, 0.717) is 11.7 Å². The standard InChI is InChI=1S/C15H26BrNO/c1-12-5-9-17(14(12)10-16)11-13-4-8-15(18-13)6-2-3-7-15/h12-14H,2-11H2,1H3. The molecule has 3 rings (SSSR count). The summed E-state index contributed by atoms with van der Waals surface area (Å²) >= 11 is 3.68. The van der Waals surface area contributed by atoms with Crippen LogP contribution < -0.4 is 0 Å². The van der Waals surface area contributed by atoms with Crippen LogP contribution in [0.2, 0.25) is 0 Å². The molecule has 3 atom stereocenters. The fraction of sp³-hybridized carbons (Fsp3) is 1.00. The number of hydrogen-bond donors (Lipinski definition) is 0. The highest BCUT2D eigenvalue weighted by Gasteiger charge is 2.43. The Bertz CT molecular complexity index is 290. The molecule has 2 saturated heterocycles. The van der Waals surface area contributed by atoms with E-state index in [1.807, 2.05) is 0 Å². The number of hydrogen-bond acceptors (Lipinski definition) is 2. The first-order valence-corrected chi connectivity index (χ1v) is 8.82. The molecule has 3 heteroatoms. The van der Waals surface area contributed by atoms with Gasteiger partial charge in [0.2, 0.25) is 0 Å². The van der Waals surface area contributed by atoms with Crippen LogP contribution in [0.1, 0.15) is 51.9 Å². The van der Waals surface area contributed by atoms with Crippen molar-refractivity contribution in [3.8, 4) is 0 Å². The van der Waals surface area contributed by atoms with Crippen LogP contribution in [0.4, 0.5) is 0 Å². The Morgan fingerprint density at radius 2 is 2.00 bits per heavy atom. The van der Waals surface area contributed by atoms with Gasteiger partial charge >= 0.3 is 0 Å². The maximum Gasteiger partial charge on any atom is 0.0710 e. The molecule has 3 aliphatic rings. The monoisotopic (exact) mass is 315 g/mol. The zero-order valence-corrected chi connectivity index (χ0v) is 13.1. The first-order valence-electron chi connectivity index (χ1n) is 7.70. The van der Waals surface area contributed by atoms with Crippen LogP contribution >= 0.6 is 15.9 Å². The molecule has 0 N–H and O–H groups in total. The largest absolute Gasteiger partial charge is 0.370 e. The van der Waals surface area contributed by atoms with Gasteiger partial charge in [0.15, 0.2) is 0 Å². The Hall–Kier alpha value is 0.400. The molecular weight excluding hydrogens is 290 g/mol. The van der Waals surface area contributed by atoms with E-state index in [9.17, 15) is 0 Å². The van der Waals surface area contributed by atoms with Gasteiger partial charge in [-0.25, -0.2) is 0 Å². The van der Waals surface area contributed by atoms with E-state index < -0.39 is 0 Å². The Morgan fingerprint density at radius 1 is 1.22 bits per heavy atom. The van der Waals surface area contributed by atoms with Gasteiger partial charge in [-0.3, -0.25) is 4.90 Å². The second-order valence-electron chi connectivity index (χ2n) is 6.65. The molecule has 0 aromatic carbocycles. The predicted molar refractivity (Wildman–Crippen MR) is 78.2 cm³/mol. The number of rotatable bonds is 3. The highest BCUT2D eigenvalue weighted by Crippen LogP contribution is 2.43. The fourth-order valence-electron chi connectivity index (χ4n) is 4.24. The van der Waals surface area contributed by atoms with Gasteiger partial charge in [0, 0.05) is 17.9 Å². The molecule has 3 unspecified atom stereocenters. The lowest BCUT2D eigenvalue weighted by Crippen LogP contribution is -2.39. The minimum absolute atomic E-state index is 0.305. The van der Waals surface area contributed by atoms with E-state index >= 15 is 0 Å². The number of likely N-dealkylation sites (tertiary alicyclic amines) is 1. The first-order chi connectivity index (χ1) is 8.72. The summed E-state index contributed by atoms with van der Waals surface area (Å²) in [5.74, 6) is 0.839. The fourth-order valence-corrected chi connectivity index (χ4v) is 5.28. The number of ether oxygens (including phenoxy) is 1. The first kappa shape index (κ1) is 13.4. The molecule has 2 aliphatic heterocycles. The molecule has 3 fully saturated rings. The Balaban J connectivity index is 1.55. The minimum Gasteiger partial charge on any atom is -0.370 e. The van der Waals surface area contributed by atoms with Crippen molar-refractivity contribution in [1.29, 1.82) is 0 Å². The zero-order valence-electron chi connectivity index (χ0n) is 11.5. The van der Waals surface area contributed by atoms with Crippen LogP contribution in [-0.4, -0.2) is 41.1 Å². The molecule has 1 spiro atoms. The summed E-state index contributed by atoms with van der Waals surface area (Å²) in [4.78, 5) is 2.66. The molecule has 0 bridgehead atoms. The van der Waals surface area contributed by atoms with E-state index in [-0.39, 0.29) is 0 Å². The van der Waals surface area contributed by atoms with Crippen molar-refractivity contribution in [2.75, 3.05) is 18.4 Å². The normalized spacial score (nSPS) is 40.0. The Morgan fingerprint density at radius 3 is 2.72 bits per heavy atom. The Kier molecular flexibility index (Phi) is 4.03. The van der Waals surface area contributed by atoms with Crippen LogP contribution in [-0.2, 0) is 4.74 Å². The average Bonchev–Trinajstić information content (AvgIpc) is 3.05. The van der Waals surface area contributed by atoms with Gasteiger partial charge in [-0.2, -0.15) is 0 Å². The summed E-state index contributed by atoms with van der Waals surface area (Å²) in [5, 5.41) is 1.12. The van der Waals surface area contributed by atoms with E-state index in [1.165, 1.54) is 58.0 Å². The lowest BCUT2D eigenvalue weighted by atomic mass is 9.98. The van der Waals surface area contributed by atoms with Gasteiger partial charge in [0.25, 0.3) is 0 Å². The van der Waals surface area contributed by atoms with E-state index in [4.69, 9.17) is 4.74 Å². The van der Waals surface area contributed by atoms with Crippen molar-refractivity contribution in [3.05, 3.63) is 0 Å². The molecule has 18 heavy (non-hydrogen) atoms. The highest BCUT2D eigenvalue weighted by molar-refractivity contribution is 9.09. The van der Waals surface area contributed by atoms with Gasteiger partial charge in [-0.05, 0) is 44.6 Å². The van der Waals surface area contributed by atoms with Gasteiger partial charge in [0.1, 0.15) is 0 Å². The lowest BCUT2D eigenvalue weighted by molar-refractivity contribution is -0.0482. The third kappa shape index (κ3) is 2.51. The average molecular weight is 316 g/mol. The molecule has 2 heterocycles. The zero-order chi connectivity index (χ0) is 12.6. The number of alkyl halides is 1. The van der Waals surface area contributed by atoms with E-state index in [1.54, 1.807) is 0 Å². The maximum atomic E-state index is 6.44. The molecule has 104 valence electrons. The summed E-state index contributed by atoms with van der Waals surface area (Å²) in [7, 11) is 0. The smallest absolute Gasteiger partial charge is 0.0710 e. The molecule has 2 nitrogen and oxygen atoms in total. The molecule has 0 aromatic heterocycles. The van der Waals surface area contributed by atoms with Gasteiger partial charge in [-0.15, -0.1) is 0 Å². The maximum absolute atomic E-state index is 6.44. The van der Waals surface area contributed by atoms with Crippen molar-refractivity contribution in [3.63, 3.8) is 0 Å².